The Hall–Kier alpha value is -1.89. The first kappa shape index (κ1) is 13.2. The van der Waals surface area contributed by atoms with E-state index in [1.54, 1.807) is 0 Å². The molecule has 0 radical (unpaired) electrons. The number of hydrogen-bond acceptors (Lipinski definition) is 6. The van der Waals surface area contributed by atoms with Gasteiger partial charge in [-0.2, -0.15) is 0 Å². The summed E-state index contributed by atoms with van der Waals surface area (Å²) in [6.45, 7) is 3.59. The predicted molar refractivity (Wildman–Crippen MR) is 58.3 cm³/mol. The van der Waals surface area contributed by atoms with Crippen molar-refractivity contribution in [1.29, 1.82) is 0 Å². The van der Waals surface area contributed by atoms with Crippen LogP contribution in [0.15, 0.2) is 23.2 Å². The Kier molecular flexibility index (Phi) is 3.84. The van der Waals surface area contributed by atoms with Gasteiger partial charge in [-0.3, -0.25) is 14.4 Å². The summed E-state index contributed by atoms with van der Waals surface area (Å²) in [6.07, 6.45) is 2.97. The number of allylic oxidation sites excluding steroid dienone is 2. The molecule has 0 fully saturated rings. The average molecular weight is 256 g/mol. The Bertz CT molecular complexity index is 407. The van der Waals surface area contributed by atoms with Gasteiger partial charge >= 0.3 is 14.5 Å². The second kappa shape index (κ2) is 4.96. The molecule has 0 unspecified atom stereocenters. The Morgan fingerprint density at radius 3 is 1.94 bits per heavy atom. The van der Waals surface area contributed by atoms with E-state index in [1.165, 1.54) is 38.6 Å². The van der Waals surface area contributed by atoms with Gasteiger partial charge in [0.2, 0.25) is 0 Å². The molecule has 0 spiro atoms. The molecular weight excluding hydrogens is 244 g/mol. The quantitative estimate of drug-likeness (QED) is 0.545. The maximum Gasteiger partial charge on any atom is 0.564 e. The third kappa shape index (κ3) is 3.28. The van der Waals surface area contributed by atoms with Gasteiger partial charge in [0.05, 0.1) is 0 Å². The largest absolute Gasteiger partial charge is 0.564 e. The van der Waals surface area contributed by atoms with Gasteiger partial charge in [-0.05, 0) is 11.8 Å². The smallest absolute Gasteiger partial charge is 0.477 e. The number of hydrogen-bond donors (Lipinski definition) is 0. The van der Waals surface area contributed by atoms with Gasteiger partial charge in [-0.15, -0.1) is 0 Å². The lowest BCUT2D eigenvalue weighted by molar-refractivity contribution is -0.142. The molecule has 6 nitrogen and oxygen atoms in total. The van der Waals surface area contributed by atoms with E-state index >= 15 is 0 Å². The van der Waals surface area contributed by atoms with E-state index in [1.807, 2.05) is 0 Å². The molecule has 0 aliphatic carbocycles. The molecule has 0 saturated heterocycles. The molecule has 0 N–H and O–H groups in total. The van der Waals surface area contributed by atoms with E-state index in [0.29, 0.717) is 0 Å². The number of esters is 1. The molecule has 0 amide bonds. The zero-order valence-electron chi connectivity index (χ0n) is 9.68. The van der Waals surface area contributed by atoms with Crippen molar-refractivity contribution in [1.82, 2.24) is 0 Å². The predicted octanol–water partition coefficient (Wildman–Crippen LogP) is 0.650. The minimum absolute atomic E-state index is 0.0791. The zero-order valence-corrected chi connectivity index (χ0v) is 10.7. The summed E-state index contributed by atoms with van der Waals surface area (Å²) in [5.41, 5.74) is 1.45. The van der Waals surface area contributed by atoms with Crippen LogP contribution in [0.3, 0.4) is 0 Å². The highest BCUT2D eigenvalue weighted by atomic mass is 28.4. The van der Waals surface area contributed by atoms with Crippen LogP contribution in [0.2, 0.25) is 0 Å². The third-order valence-electron chi connectivity index (χ3n) is 1.75. The van der Waals surface area contributed by atoms with E-state index in [2.05, 4.69) is 0 Å². The van der Waals surface area contributed by atoms with E-state index in [-0.39, 0.29) is 5.38 Å². The van der Waals surface area contributed by atoms with Gasteiger partial charge in [-0.25, -0.2) is 0 Å². The molecule has 0 aromatic rings. The Balaban J connectivity index is 3.00. The summed E-state index contributed by atoms with van der Waals surface area (Å²) in [5, 5.41) is 0.0791. The molecule has 0 bridgehead atoms. The summed E-state index contributed by atoms with van der Waals surface area (Å²) in [7, 11) is -3.41. The molecule has 17 heavy (non-hydrogen) atoms. The van der Waals surface area contributed by atoms with Gasteiger partial charge in [0.15, 0.2) is 5.38 Å². The molecular formula is C10H12O6Si. The lowest BCUT2D eigenvalue weighted by Gasteiger charge is -2.24. The molecule has 0 aromatic carbocycles. The van der Waals surface area contributed by atoms with Crippen LogP contribution >= 0.6 is 0 Å². The molecule has 7 heteroatoms. The van der Waals surface area contributed by atoms with Gasteiger partial charge in [0.25, 0.3) is 11.9 Å². The van der Waals surface area contributed by atoms with E-state index in [0.717, 1.165) is 0 Å². The minimum Gasteiger partial charge on any atom is -0.477 e. The molecule has 1 heterocycles. The molecule has 1 aliphatic rings. The lowest BCUT2D eigenvalue weighted by atomic mass is 10.6. The van der Waals surface area contributed by atoms with Gasteiger partial charge < -0.3 is 13.6 Å². The van der Waals surface area contributed by atoms with Crippen molar-refractivity contribution < 1.29 is 28.0 Å². The maximum atomic E-state index is 11.0. The van der Waals surface area contributed by atoms with Gasteiger partial charge in [0, 0.05) is 20.8 Å². The summed E-state index contributed by atoms with van der Waals surface area (Å²) in [5.74, 6) is -1.79. The standard InChI is InChI=1S/C10H12O6Si/c1-7(11)14-10-5-4-6-17(10,15-8(2)12)16-9(3)13/h4-6H,1-3H3. The highest BCUT2D eigenvalue weighted by Gasteiger charge is 2.51. The average Bonchev–Trinajstić information content (AvgIpc) is 2.45. The minimum atomic E-state index is -3.41. The zero-order chi connectivity index (χ0) is 13.1. The summed E-state index contributed by atoms with van der Waals surface area (Å²) in [6, 6.07) is 0. The van der Waals surface area contributed by atoms with Crippen LogP contribution in [-0.2, 0) is 28.0 Å². The number of carbonyl (C=O) groups excluding carboxylic acids is 3. The first-order valence-corrected chi connectivity index (χ1v) is 6.72. The lowest BCUT2D eigenvalue weighted by Crippen LogP contribution is -2.45. The van der Waals surface area contributed by atoms with Crippen molar-refractivity contribution in [3.05, 3.63) is 23.2 Å². The Morgan fingerprint density at radius 2 is 1.53 bits per heavy atom. The number of ether oxygens (including phenoxy) is 1. The Morgan fingerprint density at radius 1 is 1.00 bits per heavy atom. The first-order valence-electron chi connectivity index (χ1n) is 4.83. The van der Waals surface area contributed by atoms with Crippen molar-refractivity contribution in [3.63, 3.8) is 0 Å². The first-order chi connectivity index (χ1) is 7.85. The van der Waals surface area contributed by atoms with E-state index in [4.69, 9.17) is 13.6 Å². The van der Waals surface area contributed by atoms with Crippen LogP contribution in [-0.4, -0.2) is 26.5 Å². The molecule has 0 aromatic heterocycles. The fourth-order valence-corrected chi connectivity index (χ4v) is 3.70. The maximum absolute atomic E-state index is 11.0. The van der Waals surface area contributed by atoms with Gasteiger partial charge in [0.1, 0.15) is 0 Å². The van der Waals surface area contributed by atoms with Crippen LogP contribution in [0.4, 0.5) is 0 Å². The molecule has 1 rings (SSSR count). The van der Waals surface area contributed by atoms with Crippen LogP contribution in [0.1, 0.15) is 20.8 Å². The summed E-state index contributed by atoms with van der Waals surface area (Å²) in [4.78, 5) is 33.0. The fourth-order valence-electron chi connectivity index (χ4n) is 1.34. The van der Waals surface area contributed by atoms with Crippen molar-refractivity contribution in [2.75, 3.05) is 0 Å². The highest BCUT2D eigenvalue weighted by molar-refractivity contribution is 6.82. The monoisotopic (exact) mass is 256 g/mol. The van der Waals surface area contributed by atoms with E-state index in [9.17, 15) is 14.4 Å². The van der Waals surface area contributed by atoms with Gasteiger partial charge in [-0.1, -0.05) is 6.08 Å². The van der Waals surface area contributed by atoms with E-state index < -0.39 is 26.5 Å². The van der Waals surface area contributed by atoms with Crippen molar-refractivity contribution >= 4 is 26.5 Å². The summed E-state index contributed by atoms with van der Waals surface area (Å²) >= 11 is 0. The highest BCUT2D eigenvalue weighted by Crippen LogP contribution is 2.26. The van der Waals surface area contributed by atoms with Crippen LogP contribution in [0, 0.1) is 0 Å². The second-order valence-corrected chi connectivity index (χ2v) is 5.91. The summed E-state index contributed by atoms with van der Waals surface area (Å²) < 4.78 is 15.0. The number of carbonyl (C=O) groups is 3. The van der Waals surface area contributed by atoms with Crippen molar-refractivity contribution in [2.45, 2.75) is 20.8 Å². The molecule has 0 atom stereocenters. The Labute approximate surface area is 99.1 Å². The normalized spacial score (nSPS) is 16.1. The fraction of sp³-hybridized carbons (Fsp3) is 0.300. The molecule has 0 saturated carbocycles. The van der Waals surface area contributed by atoms with Crippen LogP contribution in [0.5, 0.6) is 0 Å². The second-order valence-electron chi connectivity index (χ2n) is 3.34. The van der Waals surface area contributed by atoms with Crippen molar-refractivity contribution in [2.24, 2.45) is 0 Å². The topological polar surface area (TPSA) is 78.9 Å². The SMILES string of the molecule is CC(=O)OC1=CC=C[Si]1(OC(C)=O)OC(C)=O. The molecule has 1 aliphatic heterocycles. The molecule has 92 valence electrons. The number of rotatable bonds is 3. The van der Waals surface area contributed by atoms with Crippen LogP contribution in [0.25, 0.3) is 0 Å². The third-order valence-corrected chi connectivity index (χ3v) is 4.52. The van der Waals surface area contributed by atoms with Crippen molar-refractivity contribution in [3.8, 4) is 0 Å². The van der Waals surface area contributed by atoms with Crippen LogP contribution < -0.4 is 0 Å².